The number of benzene rings is 1. The lowest BCUT2D eigenvalue weighted by Crippen LogP contribution is -2.40. The number of amides is 1. The van der Waals surface area contributed by atoms with E-state index in [-0.39, 0.29) is 11.0 Å². The highest BCUT2D eigenvalue weighted by molar-refractivity contribution is 9.10. The van der Waals surface area contributed by atoms with Crippen LogP contribution in [0.4, 0.5) is 8.78 Å². The molecular weight excluding hydrogens is 370 g/mol. The first-order valence-corrected chi connectivity index (χ1v) is 8.38. The first-order valence-electron chi connectivity index (χ1n) is 6.15. The second-order valence-electron chi connectivity index (χ2n) is 4.08. The molecule has 118 valence electrons. The molecule has 1 aromatic carbocycles. The molecule has 0 aromatic heterocycles. The number of halogens is 3. The monoisotopic (exact) mass is 384 g/mol. The van der Waals surface area contributed by atoms with Crippen LogP contribution in [0.5, 0.6) is 0 Å². The lowest BCUT2D eigenvalue weighted by Gasteiger charge is -2.21. The zero-order chi connectivity index (χ0) is 16.2. The molecular formula is C12H15BrF2N2O3S. The average Bonchev–Trinajstić information content (AvgIpc) is 2.34. The van der Waals surface area contributed by atoms with Gasteiger partial charge in [-0.3, -0.25) is 4.79 Å². The number of hydrogen-bond donors (Lipinski definition) is 1. The van der Waals surface area contributed by atoms with E-state index in [1.807, 2.05) is 0 Å². The van der Waals surface area contributed by atoms with E-state index < -0.39 is 39.0 Å². The largest absolute Gasteiger partial charge is 0.355 e. The van der Waals surface area contributed by atoms with Crippen LogP contribution in [0.2, 0.25) is 0 Å². The van der Waals surface area contributed by atoms with E-state index in [1.165, 1.54) is 6.92 Å². The Morgan fingerprint density at radius 3 is 2.43 bits per heavy atom. The number of carbonyl (C=O) groups is 1. The molecule has 0 aliphatic carbocycles. The van der Waals surface area contributed by atoms with Gasteiger partial charge in [0.1, 0.15) is 16.5 Å². The molecule has 1 amide bonds. The Hall–Kier alpha value is -1.06. The maximum Gasteiger partial charge on any atom is 0.247 e. The molecule has 0 unspecified atom stereocenters. The standard InChI is InChI=1S/C12H15BrF2N2O3S/c1-3-16-11(18)7-17(4-2)21(19,20)12-9(13)5-8(14)6-10(12)15/h5-6H,3-4,7H2,1-2H3,(H,16,18). The zero-order valence-electron chi connectivity index (χ0n) is 11.5. The van der Waals surface area contributed by atoms with Gasteiger partial charge in [0, 0.05) is 23.6 Å². The summed E-state index contributed by atoms with van der Waals surface area (Å²) in [6.45, 7) is 3.11. The highest BCUT2D eigenvalue weighted by Crippen LogP contribution is 2.28. The van der Waals surface area contributed by atoms with E-state index in [4.69, 9.17) is 0 Å². The second kappa shape index (κ2) is 7.28. The SMILES string of the molecule is CCNC(=O)CN(CC)S(=O)(=O)c1c(F)cc(F)cc1Br. The lowest BCUT2D eigenvalue weighted by atomic mass is 10.3. The number of nitrogens with zero attached hydrogens (tertiary/aromatic N) is 1. The Balaban J connectivity index is 3.23. The fourth-order valence-electron chi connectivity index (χ4n) is 1.68. The minimum atomic E-state index is -4.26. The van der Waals surface area contributed by atoms with E-state index in [9.17, 15) is 22.0 Å². The summed E-state index contributed by atoms with van der Waals surface area (Å²) in [4.78, 5) is 10.8. The second-order valence-corrected chi connectivity index (χ2v) is 6.81. The van der Waals surface area contributed by atoms with Gasteiger partial charge in [0.15, 0.2) is 0 Å². The van der Waals surface area contributed by atoms with Crippen LogP contribution in [0.3, 0.4) is 0 Å². The third-order valence-electron chi connectivity index (χ3n) is 2.61. The third kappa shape index (κ3) is 4.21. The van der Waals surface area contributed by atoms with Crippen molar-refractivity contribution >= 4 is 31.9 Å². The summed E-state index contributed by atoms with van der Waals surface area (Å²) in [5, 5.41) is 2.46. The molecule has 0 aliphatic rings. The number of hydrogen-bond acceptors (Lipinski definition) is 3. The molecule has 0 saturated heterocycles. The first-order chi connectivity index (χ1) is 9.73. The van der Waals surface area contributed by atoms with Crippen LogP contribution >= 0.6 is 15.9 Å². The smallest absolute Gasteiger partial charge is 0.247 e. The Bertz CT molecular complexity index is 614. The van der Waals surface area contributed by atoms with Crippen molar-refractivity contribution in [3.63, 3.8) is 0 Å². The topological polar surface area (TPSA) is 66.5 Å². The summed E-state index contributed by atoms with van der Waals surface area (Å²) in [5.74, 6) is -2.61. The predicted molar refractivity (Wildman–Crippen MR) is 77.2 cm³/mol. The fourth-order valence-corrected chi connectivity index (χ4v) is 4.20. The van der Waals surface area contributed by atoms with Crippen molar-refractivity contribution in [2.75, 3.05) is 19.6 Å². The van der Waals surface area contributed by atoms with Crippen LogP contribution in [0.1, 0.15) is 13.8 Å². The molecule has 0 aliphatic heterocycles. The minimum absolute atomic E-state index is 0.0251. The van der Waals surface area contributed by atoms with Gasteiger partial charge in [-0.15, -0.1) is 0 Å². The van der Waals surface area contributed by atoms with Crippen molar-refractivity contribution in [1.29, 1.82) is 0 Å². The van der Waals surface area contributed by atoms with Gasteiger partial charge in [-0.1, -0.05) is 6.92 Å². The highest BCUT2D eigenvalue weighted by atomic mass is 79.9. The van der Waals surface area contributed by atoms with Crippen molar-refractivity contribution in [3.05, 3.63) is 28.2 Å². The van der Waals surface area contributed by atoms with Crippen molar-refractivity contribution in [2.24, 2.45) is 0 Å². The summed E-state index contributed by atoms with van der Waals surface area (Å²) >= 11 is 2.84. The van der Waals surface area contributed by atoms with Gasteiger partial charge in [-0.25, -0.2) is 17.2 Å². The summed E-state index contributed by atoms with van der Waals surface area (Å²) in [5.41, 5.74) is 0. The molecule has 1 N–H and O–H groups in total. The molecule has 0 heterocycles. The van der Waals surface area contributed by atoms with Crippen LogP contribution in [-0.2, 0) is 14.8 Å². The summed E-state index contributed by atoms with van der Waals surface area (Å²) in [6, 6.07) is 1.34. The van der Waals surface area contributed by atoms with Crippen LogP contribution < -0.4 is 5.32 Å². The molecule has 0 spiro atoms. The van der Waals surface area contributed by atoms with Crippen molar-refractivity contribution in [1.82, 2.24) is 9.62 Å². The van der Waals surface area contributed by atoms with E-state index >= 15 is 0 Å². The van der Waals surface area contributed by atoms with Crippen LogP contribution in [0.15, 0.2) is 21.5 Å². The maximum atomic E-state index is 13.8. The van der Waals surface area contributed by atoms with Crippen molar-refractivity contribution in [2.45, 2.75) is 18.7 Å². The number of likely N-dealkylation sites (N-methyl/N-ethyl adjacent to an activating group) is 2. The van der Waals surface area contributed by atoms with Crippen LogP contribution in [0.25, 0.3) is 0 Å². The predicted octanol–water partition coefficient (Wildman–Crippen LogP) is 1.87. The molecule has 0 radical (unpaired) electrons. The van der Waals surface area contributed by atoms with E-state index in [0.717, 1.165) is 10.4 Å². The van der Waals surface area contributed by atoms with Gasteiger partial charge in [0.25, 0.3) is 0 Å². The van der Waals surface area contributed by atoms with Gasteiger partial charge < -0.3 is 5.32 Å². The number of rotatable bonds is 6. The van der Waals surface area contributed by atoms with Crippen LogP contribution in [0, 0.1) is 11.6 Å². The number of carbonyl (C=O) groups excluding carboxylic acids is 1. The summed E-state index contributed by atoms with van der Waals surface area (Å²) in [7, 11) is -4.26. The Morgan fingerprint density at radius 1 is 1.33 bits per heavy atom. The van der Waals surface area contributed by atoms with E-state index in [1.54, 1.807) is 6.92 Å². The summed E-state index contributed by atoms with van der Waals surface area (Å²) < 4.78 is 52.3. The molecule has 1 aromatic rings. The van der Waals surface area contributed by atoms with Gasteiger partial charge in [-0.05, 0) is 28.9 Å². The molecule has 21 heavy (non-hydrogen) atoms. The average molecular weight is 385 g/mol. The third-order valence-corrected chi connectivity index (χ3v) is 5.49. The van der Waals surface area contributed by atoms with Gasteiger partial charge in [-0.2, -0.15) is 4.31 Å². The highest BCUT2D eigenvalue weighted by Gasteiger charge is 2.30. The lowest BCUT2D eigenvalue weighted by molar-refractivity contribution is -0.121. The Labute approximate surface area is 130 Å². The summed E-state index contributed by atoms with van der Waals surface area (Å²) in [6.07, 6.45) is 0. The van der Waals surface area contributed by atoms with E-state index in [0.29, 0.717) is 12.6 Å². The fraction of sp³-hybridized carbons (Fsp3) is 0.417. The minimum Gasteiger partial charge on any atom is -0.355 e. The number of nitrogens with one attached hydrogen (secondary N) is 1. The molecule has 0 atom stereocenters. The zero-order valence-corrected chi connectivity index (χ0v) is 13.9. The molecule has 0 saturated carbocycles. The molecule has 0 fully saturated rings. The number of sulfonamides is 1. The van der Waals surface area contributed by atoms with Gasteiger partial charge >= 0.3 is 0 Å². The first kappa shape index (κ1) is 18.0. The molecule has 0 bridgehead atoms. The van der Waals surface area contributed by atoms with Crippen LogP contribution in [-0.4, -0.2) is 38.3 Å². The molecule has 5 nitrogen and oxygen atoms in total. The van der Waals surface area contributed by atoms with Gasteiger partial charge in [0.2, 0.25) is 15.9 Å². The molecule has 1 rings (SSSR count). The quantitative estimate of drug-likeness (QED) is 0.813. The normalized spacial score (nSPS) is 11.7. The van der Waals surface area contributed by atoms with Crippen molar-refractivity contribution < 1.29 is 22.0 Å². The van der Waals surface area contributed by atoms with E-state index in [2.05, 4.69) is 21.2 Å². The maximum absolute atomic E-state index is 13.8. The Kier molecular flexibility index (Phi) is 6.24. The molecule has 9 heteroatoms. The van der Waals surface area contributed by atoms with Crippen molar-refractivity contribution in [3.8, 4) is 0 Å². The van der Waals surface area contributed by atoms with Gasteiger partial charge in [0.05, 0.1) is 6.54 Å². The Morgan fingerprint density at radius 2 is 1.95 bits per heavy atom.